The van der Waals surface area contributed by atoms with Crippen LogP contribution >= 0.6 is 0 Å². The second-order valence-electron chi connectivity index (χ2n) is 8.69. The highest BCUT2D eigenvalue weighted by Crippen LogP contribution is 2.37. The Morgan fingerprint density at radius 1 is 1.14 bits per heavy atom. The number of rotatable bonds is 7. The largest absolute Gasteiger partial charge is 0.549 e. The molecule has 1 N–H and O–H groups in total. The van der Waals surface area contributed by atoms with Gasteiger partial charge in [0.05, 0.1) is 12.4 Å². The Hall–Kier alpha value is -0.326. The summed E-state index contributed by atoms with van der Waals surface area (Å²) in [6, 6.07) is 1.08. The third kappa shape index (κ3) is 8.64. The third-order valence-electron chi connectivity index (χ3n) is 3.97. The Bertz CT molecular complexity index is 371. The molecule has 0 saturated carbocycles. The average Bonchev–Trinajstić information content (AvgIpc) is 2.22. The van der Waals surface area contributed by atoms with E-state index >= 15 is 0 Å². The van der Waals surface area contributed by atoms with Crippen LogP contribution in [0.4, 0.5) is 0 Å². The van der Waals surface area contributed by atoms with Crippen molar-refractivity contribution in [3.05, 3.63) is 24.0 Å². The van der Waals surface area contributed by atoms with Gasteiger partial charge in [0.25, 0.3) is 0 Å². The fraction of sp³-hybridized carbons (Fsp3) is 0.765. The predicted molar refractivity (Wildman–Crippen MR) is 100.0 cm³/mol. The SMILES string of the molecule is C/C=C/C(O)C/C(=C/O[Si](C)(C)C(C)(C)C)C[Si](C)(C)C. The van der Waals surface area contributed by atoms with Crippen molar-refractivity contribution in [1.29, 1.82) is 0 Å². The molecular weight excluding hydrogens is 292 g/mol. The van der Waals surface area contributed by atoms with Gasteiger partial charge in [-0.1, -0.05) is 52.6 Å². The first kappa shape index (κ1) is 20.7. The van der Waals surface area contributed by atoms with E-state index < -0.39 is 22.5 Å². The lowest BCUT2D eigenvalue weighted by molar-refractivity contribution is 0.222. The molecule has 0 spiro atoms. The second kappa shape index (κ2) is 7.79. The normalized spacial score (nSPS) is 16.4. The summed E-state index contributed by atoms with van der Waals surface area (Å²) in [4.78, 5) is 0. The molecule has 0 rings (SSSR count). The minimum absolute atomic E-state index is 0.204. The monoisotopic (exact) mass is 328 g/mol. The van der Waals surface area contributed by atoms with Gasteiger partial charge < -0.3 is 9.53 Å². The number of hydrogen-bond donors (Lipinski definition) is 1. The molecule has 0 amide bonds. The molecule has 0 heterocycles. The maximum atomic E-state index is 10.0. The van der Waals surface area contributed by atoms with Crippen molar-refractivity contribution >= 4 is 16.4 Å². The maximum absolute atomic E-state index is 10.0. The highest BCUT2D eigenvalue weighted by atomic mass is 28.4. The Morgan fingerprint density at radius 2 is 1.67 bits per heavy atom. The van der Waals surface area contributed by atoms with Gasteiger partial charge in [0.2, 0.25) is 8.32 Å². The van der Waals surface area contributed by atoms with Crippen LogP contribution in [0.5, 0.6) is 0 Å². The zero-order valence-corrected chi connectivity index (χ0v) is 17.6. The lowest BCUT2D eigenvalue weighted by Crippen LogP contribution is -2.39. The van der Waals surface area contributed by atoms with E-state index in [-0.39, 0.29) is 5.04 Å². The van der Waals surface area contributed by atoms with Crippen molar-refractivity contribution in [3.8, 4) is 0 Å². The minimum atomic E-state index is -1.77. The molecule has 21 heavy (non-hydrogen) atoms. The first-order valence-electron chi connectivity index (χ1n) is 7.95. The van der Waals surface area contributed by atoms with Gasteiger partial charge in [-0.05, 0) is 36.7 Å². The van der Waals surface area contributed by atoms with Crippen molar-refractivity contribution in [2.24, 2.45) is 0 Å². The van der Waals surface area contributed by atoms with Gasteiger partial charge in [-0.25, -0.2) is 0 Å². The molecule has 0 aromatic heterocycles. The summed E-state index contributed by atoms with van der Waals surface area (Å²) in [5, 5.41) is 10.3. The van der Waals surface area contributed by atoms with Gasteiger partial charge in [-0.2, -0.15) is 0 Å². The highest BCUT2D eigenvalue weighted by Gasteiger charge is 2.38. The Kier molecular flexibility index (Phi) is 7.67. The van der Waals surface area contributed by atoms with Crippen molar-refractivity contribution in [1.82, 2.24) is 0 Å². The van der Waals surface area contributed by atoms with Gasteiger partial charge >= 0.3 is 0 Å². The van der Waals surface area contributed by atoms with Gasteiger partial charge in [0, 0.05) is 14.5 Å². The molecule has 0 aromatic carbocycles. The lowest BCUT2D eigenvalue weighted by Gasteiger charge is -2.35. The van der Waals surface area contributed by atoms with Crippen LogP contribution in [0.1, 0.15) is 34.1 Å². The Morgan fingerprint density at radius 3 is 2.05 bits per heavy atom. The average molecular weight is 329 g/mol. The molecule has 0 saturated heterocycles. The zero-order valence-electron chi connectivity index (χ0n) is 15.6. The predicted octanol–water partition coefficient (Wildman–Crippen LogP) is 5.56. The van der Waals surface area contributed by atoms with Crippen LogP contribution in [0, 0.1) is 0 Å². The zero-order chi connectivity index (χ0) is 16.9. The van der Waals surface area contributed by atoms with Crippen LogP contribution in [0.15, 0.2) is 24.0 Å². The molecule has 0 bridgehead atoms. The molecule has 1 unspecified atom stereocenters. The molecule has 0 aliphatic heterocycles. The fourth-order valence-corrected chi connectivity index (χ4v) is 4.21. The molecule has 0 aliphatic carbocycles. The van der Waals surface area contributed by atoms with E-state index in [1.165, 1.54) is 5.57 Å². The summed E-state index contributed by atoms with van der Waals surface area (Å²) >= 11 is 0. The van der Waals surface area contributed by atoms with Crippen molar-refractivity contribution in [2.45, 2.75) is 84.0 Å². The van der Waals surface area contributed by atoms with Crippen molar-refractivity contribution in [2.75, 3.05) is 0 Å². The molecular formula is C17H36O2Si2. The van der Waals surface area contributed by atoms with Gasteiger partial charge in [0.1, 0.15) is 0 Å². The summed E-state index contributed by atoms with van der Waals surface area (Å²) in [6.45, 7) is 20.3. The van der Waals surface area contributed by atoms with E-state index in [0.29, 0.717) is 6.42 Å². The smallest absolute Gasteiger partial charge is 0.249 e. The van der Waals surface area contributed by atoms with E-state index in [1.54, 1.807) is 0 Å². The first-order valence-corrected chi connectivity index (χ1v) is 14.6. The summed E-state index contributed by atoms with van der Waals surface area (Å²) in [5.74, 6) is 0. The molecule has 0 radical (unpaired) electrons. The summed E-state index contributed by atoms with van der Waals surface area (Å²) < 4.78 is 6.24. The van der Waals surface area contributed by atoms with E-state index in [9.17, 15) is 5.11 Å². The van der Waals surface area contributed by atoms with Gasteiger partial charge in [0.15, 0.2) is 0 Å². The van der Waals surface area contributed by atoms with Crippen LogP contribution in [0.25, 0.3) is 0 Å². The van der Waals surface area contributed by atoms with Gasteiger partial charge in [-0.15, -0.1) is 0 Å². The van der Waals surface area contributed by atoms with E-state index in [4.69, 9.17) is 4.43 Å². The van der Waals surface area contributed by atoms with Gasteiger partial charge in [-0.3, -0.25) is 0 Å². The van der Waals surface area contributed by atoms with E-state index in [2.05, 4.69) is 53.5 Å². The summed E-state index contributed by atoms with van der Waals surface area (Å²) in [5.41, 5.74) is 1.25. The van der Waals surface area contributed by atoms with Crippen LogP contribution in [0.2, 0.25) is 43.8 Å². The van der Waals surface area contributed by atoms with Crippen molar-refractivity contribution in [3.63, 3.8) is 0 Å². The molecule has 2 nitrogen and oxygen atoms in total. The molecule has 1 atom stereocenters. The number of allylic oxidation sites excluding steroid dienone is 1. The molecule has 0 aromatic rings. The third-order valence-corrected chi connectivity index (χ3v) is 9.80. The van der Waals surface area contributed by atoms with Crippen LogP contribution in [-0.4, -0.2) is 27.6 Å². The van der Waals surface area contributed by atoms with Crippen LogP contribution in [0.3, 0.4) is 0 Å². The molecule has 0 fully saturated rings. The van der Waals surface area contributed by atoms with Crippen molar-refractivity contribution < 1.29 is 9.53 Å². The van der Waals surface area contributed by atoms with Crippen LogP contribution in [-0.2, 0) is 4.43 Å². The minimum Gasteiger partial charge on any atom is -0.549 e. The highest BCUT2D eigenvalue weighted by molar-refractivity contribution is 6.76. The fourth-order valence-electron chi connectivity index (χ4n) is 1.81. The number of aliphatic hydroxyl groups excluding tert-OH is 1. The second-order valence-corrected chi connectivity index (χ2v) is 18.9. The maximum Gasteiger partial charge on any atom is 0.249 e. The number of hydrogen-bond acceptors (Lipinski definition) is 2. The number of aliphatic hydroxyl groups is 1. The molecule has 0 aliphatic rings. The lowest BCUT2D eigenvalue weighted by atomic mass is 10.1. The standard InChI is InChI=1S/C17H36O2Si2/c1-10-11-16(18)12-15(14-20(5,6)7)13-19-21(8,9)17(2,3)4/h10-11,13,16,18H,12,14H2,1-9H3/b11-10+,15-13-. The molecule has 124 valence electrons. The summed E-state index contributed by atoms with van der Waals surface area (Å²) in [7, 11) is -2.99. The first-order chi connectivity index (χ1) is 9.28. The van der Waals surface area contributed by atoms with Crippen LogP contribution < -0.4 is 0 Å². The van der Waals surface area contributed by atoms with E-state index in [0.717, 1.165) is 6.04 Å². The Balaban J connectivity index is 5.08. The topological polar surface area (TPSA) is 29.5 Å². The summed E-state index contributed by atoms with van der Waals surface area (Å²) in [6.07, 6.45) is 6.02. The van der Waals surface area contributed by atoms with E-state index in [1.807, 2.05) is 25.3 Å². The quantitative estimate of drug-likeness (QED) is 0.377. The Labute approximate surface area is 134 Å². The molecule has 4 heteroatoms.